The number of amides is 3. The molecule has 240 valence electrons. The van der Waals surface area contributed by atoms with Gasteiger partial charge in [0.2, 0.25) is 17.7 Å². The number of aliphatic hydroxyl groups is 1. The Labute approximate surface area is 260 Å². The third kappa shape index (κ3) is 8.47. The minimum absolute atomic E-state index is 0.0349. The van der Waals surface area contributed by atoms with Crippen molar-refractivity contribution in [3.05, 3.63) is 72.1 Å². The van der Waals surface area contributed by atoms with E-state index in [9.17, 15) is 29.4 Å². The Balaban J connectivity index is 1.51. The zero-order valence-corrected chi connectivity index (χ0v) is 25.1. The molecular weight excluding hydrogens is 578 g/mol. The highest BCUT2D eigenvalue weighted by Crippen LogP contribution is 2.21. The first-order chi connectivity index (χ1) is 21.6. The standard InChI is InChI=1S/C32H41N7O6/c1-18(40)28(31(43)38-27(32(44)45)15-20-17-36-25-12-5-3-9-22(20)25)39-30(42)26(37-29(41)23(34)10-6-7-13-33)14-19-16-35-24-11-4-2-8-21(19)24/h2-5,8-9,11-12,16-18,23,26-28,35-36,40H,6-7,10,13-15,33-34H2,1H3,(H,37,41)(H,38,43)(H,39,42)(H,44,45). The Morgan fingerprint density at radius 2 is 1.31 bits per heavy atom. The molecule has 2 aromatic carbocycles. The van der Waals surface area contributed by atoms with Crippen molar-refractivity contribution in [2.24, 2.45) is 11.5 Å². The predicted octanol–water partition coefficient (Wildman–Crippen LogP) is 0.811. The van der Waals surface area contributed by atoms with Gasteiger partial charge in [-0.25, -0.2) is 4.79 Å². The molecule has 2 heterocycles. The SMILES string of the molecule is CC(O)C(NC(=O)C(Cc1c[nH]c2ccccc12)NC(=O)C(N)CCCCN)C(=O)NC(Cc1c[nH]c2ccccc12)C(=O)O. The van der Waals surface area contributed by atoms with E-state index in [1.807, 2.05) is 48.5 Å². The van der Waals surface area contributed by atoms with Crippen LogP contribution in [-0.4, -0.2) is 80.7 Å². The number of carboxylic acid groups (broad SMARTS) is 1. The first kappa shape index (κ1) is 33.2. The summed E-state index contributed by atoms with van der Waals surface area (Å²) in [5.41, 5.74) is 14.7. The van der Waals surface area contributed by atoms with Crippen molar-refractivity contribution in [2.75, 3.05) is 6.54 Å². The molecule has 0 fully saturated rings. The zero-order chi connectivity index (χ0) is 32.5. The van der Waals surface area contributed by atoms with E-state index < -0.39 is 54.0 Å². The van der Waals surface area contributed by atoms with Gasteiger partial charge < -0.3 is 47.6 Å². The van der Waals surface area contributed by atoms with Crippen LogP contribution in [0.4, 0.5) is 0 Å². The van der Waals surface area contributed by atoms with Gasteiger partial charge in [0, 0.05) is 47.0 Å². The summed E-state index contributed by atoms with van der Waals surface area (Å²) in [6.45, 7) is 1.77. The number of aliphatic hydroxyl groups excluding tert-OH is 1. The predicted molar refractivity (Wildman–Crippen MR) is 170 cm³/mol. The van der Waals surface area contributed by atoms with Crippen LogP contribution in [-0.2, 0) is 32.0 Å². The number of aromatic nitrogens is 2. The number of unbranched alkanes of at least 4 members (excludes halogenated alkanes) is 1. The molecule has 13 heteroatoms. The Kier molecular flexibility index (Phi) is 11.3. The molecule has 4 rings (SSSR count). The lowest BCUT2D eigenvalue weighted by Crippen LogP contribution is -2.60. The molecular formula is C32H41N7O6. The van der Waals surface area contributed by atoms with Gasteiger partial charge in [0.05, 0.1) is 12.1 Å². The Hall–Kier alpha value is -4.72. The molecule has 5 unspecified atom stereocenters. The molecule has 11 N–H and O–H groups in total. The minimum atomic E-state index is -1.51. The molecule has 0 radical (unpaired) electrons. The van der Waals surface area contributed by atoms with Gasteiger partial charge in [0.1, 0.15) is 18.1 Å². The monoisotopic (exact) mass is 619 g/mol. The molecule has 0 saturated heterocycles. The number of carboxylic acids is 1. The number of nitrogens with one attached hydrogen (secondary N) is 5. The number of hydrogen-bond acceptors (Lipinski definition) is 7. The number of aliphatic carboxylic acids is 1. The molecule has 4 aromatic rings. The van der Waals surface area contributed by atoms with Crippen LogP contribution < -0.4 is 27.4 Å². The summed E-state index contributed by atoms with van der Waals surface area (Å²) in [5, 5.41) is 29.7. The van der Waals surface area contributed by atoms with Gasteiger partial charge in [-0.1, -0.05) is 42.8 Å². The Morgan fingerprint density at radius 3 is 1.84 bits per heavy atom. The molecule has 45 heavy (non-hydrogen) atoms. The lowest BCUT2D eigenvalue weighted by Gasteiger charge is -2.26. The number of aromatic amines is 2. The van der Waals surface area contributed by atoms with Crippen LogP contribution in [0.15, 0.2) is 60.9 Å². The number of carbonyl (C=O) groups excluding carboxylic acids is 3. The third-order valence-electron chi connectivity index (χ3n) is 7.81. The highest BCUT2D eigenvalue weighted by Gasteiger charge is 2.33. The highest BCUT2D eigenvalue weighted by molar-refractivity contribution is 5.95. The minimum Gasteiger partial charge on any atom is -0.480 e. The van der Waals surface area contributed by atoms with Gasteiger partial charge in [0.15, 0.2) is 0 Å². The molecule has 0 aliphatic rings. The second-order valence-electron chi connectivity index (χ2n) is 11.2. The average molecular weight is 620 g/mol. The van der Waals surface area contributed by atoms with Gasteiger partial charge in [-0.3, -0.25) is 14.4 Å². The molecule has 0 aliphatic heterocycles. The topological polar surface area (TPSA) is 228 Å². The normalized spacial score (nSPS) is 14.8. The van der Waals surface area contributed by atoms with Crippen LogP contribution in [0.3, 0.4) is 0 Å². The van der Waals surface area contributed by atoms with Gasteiger partial charge in [-0.05, 0) is 49.6 Å². The number of rotatable bonds is 16. The fourth-order valence-corrected chi connectivity index (χ4v) is 5.29. The molecule has 2 aromatic heterocycles. The number of hydrogen-bond donors (Lipinski definition) is 9. The van der Waals surface area contributed by atoms with E-state index in [4.69, 9.17) is 11.5 Å². The zero-order valence-electron chi connectivity index (χ0n) is 25.1. The van der Waals surface area contributed by atoms with Gasteiger partial charge in [0.25, 0.3) is 0 Å². The quantitative estimate of drug-likeness (QED) is 0.0813. The van der Waals surface area contributed by atoms with E-state index in [0.717, 1.165) is 27.4 Å². The number of benzene rings is 2. The van der Waals surface area contributed by atoms with Crippen LogP contribution in [0.1, 0.15) is 37.3 Å². The summed E-state index contributed by atoms with van der Waals surface area (Å²) in [7, 11) is 0. The summed E-state index contributed by atoms with van der Waals surface area (Å²) < 4.78 is 0. The maximum absolute atomic E-state index is 13.7. The van der Waals surface area contributed by atoms with Crippen molar-refractivity contribution in [2.45, 2.75) is 69.3 Å². The molecule has 0 aliphatic carbocycles. The molecule has 13 nitrogen and oxygen atoms in total. The van der Waals surface area contributed by atoms with Crippen molar-refractivity contribution in [1.29, 1.82) is 0 Å². The summed E-state index contributed by atoms with van der Waals surface area (Å²) in [6.07, 6.45) is 3.76. The van der Waals surface area contributed by atoms with E-state index in [1.54, 1.807) is 12.4 Å². The largest absolute Gasteiger partial charge is 0.480 e. The van der Waals surface area contributed by atoms with Gasteiger partial charge in [-0.15, -0.1) is 0 Å². The van der Waals surface area contributed by atoms with Gasteiger partial charge in [-0.2, -0.15) is 0 Å². The first-order valence-electron chi connectivity index (χ1n) is 15.0. The van der Waals surface area contributed by atoms with Crippen molar-refractivity contribution in [3.63, 3.8) is 0 Å². The summed E-state index contributed by atoms with van der Waals surface area (Å²) in [6, 6.07) is 9.94. The van der Waals surface area contributed by atoms with Crippen molar-refractivity contribution in [3.8, 4) is 0 Å². The summed E-state index contributed by atoms with van der Waals surface area (Å²) in [5.74, 6) is -3.46. The smallest absolute Gasteiger partial charge is 0.326 e. The molecule has 5 atom stereocenters. The van der Waals surface area contributed by atoms with Crippen molar-refractivity contribution >= 4 is 45.5 Å². The first-order valence-corrected chi connectivity index (χ1v) is 15.0. The highest BCUT2D eigenvalue weighted by atomic mass is 16.4. The maximum Gasteiger partial charge on any atom is 0.326 e. The number of fused-ring (bicyclic) bond motifs is 2. The van der Waals surface area contributed by atoms with Gasteiger partial charge >= 0.3 is 5.97 Å². The van der Waals surface area contributed by atoms with Crippen LogP contribution in [0, 0.1) is 0 Å². The van der Waals surface area contributed by atoms with E-state index in [2.05, 4.69) is 25.9 Å². The maximum atomic E-state index is 13.7. The number of nitrogens with two attached hydrogens (primary N) is 2. The van der Waals surface area contributed by atoms with Crippen LogP contribution in [0.2, 0.25) is 0 Å². The molecule has 3 amide bonds. The van der Waals surface area contributed by atoms with Crippen LogP contribution >= 0.6 is 0 Å². The Bertz CT molecular complexity index is 1630. The van der Waals surface area contributed by atoms with E-state index in [1.165, 1.54) is 6.92 Å². The fraction of sp³-hybridized carbons (Fsp3) is 0.375. The second-order valence-corrected chi connectivity index (χ2v) is 11.2. The lowest BCUT2D eigenvalue weighted by atomic mass is 10.0. The molecule has 0 spiro atoms. The van der Waals surface area contributed by atoms with Crippen molar-refractivity contribution < 1.29 is 29.4 Å². The Morgan fingerprint density at radius 1 is 0.778 bits per heavy atom. The fourth-order valence-electron chi connectivity index (χ4n) is 5.29. The van der Waals surface area contributed by atoms with E-state index >= 15 is 0 Å². The molecule has 0 saturated carbocycles. The second kappa shape index (κ2) is 15.3. The third-order valence-corrected chi connectivity index (χ3v) is 7.81. The number of H-pyrrole nitrogens is 2. The van der Waals surface area contributed by atoms with Crippen LogP contribution in [0.25, 0.3) is 21.8 Å². The molecule has 0 bridgehead atoms. The number of para-hydroxylation sites is 2. The average Bonchev–Trinajstić information content (AvgIpc) is 3.62. The summed E-state index contributed by atoms with van der Waals surface area (Å²) in [4.78, 5) is 58.4. The van der Waals surface area contributed by atoms with E-state index in [-0.39, 0.29) is 12.8 Å². The van der Waals surface area contributed by atoms with Crippen LogP contribution in [0.5, 0.6) is 0 Å². The lowest BCUT2D eigenvalue weighted by molar-refractivity contribution is -0.143. The van der Waals surface area contributed by atoms with Crippen molar-refractivity contribution in [1.82, 2.24) is 25.9 Å². The summed E-state index contributed by atoms with van der Waals surface area (Å²) >= 11 is 0. The number of carbonyl (C=O) groups is 4. The van der Waals surface area contributed by atoms with E-state index in [0.29, 0.717) is 31.4 Å².